The molecule has 0 aromatic carbocycles. The molecule has 0 spiro atoms. The molecule has 2 aliphatic rings. The fraction of sp³-hybridized carbons (Fsp3) is 0.818. The molecular formula is C11H17NO2. The summed E-state index contributed by atoms with van der Waals surface area (Å²) < 4.78 is 0. The maximum absolute atomic E-state index is 11.8. The van der Waals surface area contributed by atoms with Gasteiger partial charge < -0.3 is 0 Å². The van der Waals surface area contributed by atoms with Crippen molar-refractivity contribution < 1.29 is 9.59 Å². The van der Waals surface area contributed by atoms with Gasteiger partial charge in [0.2, 0.25) is 11.8 Å². The highest BCUT2D eigenvalue weighted by Gasteiger charge is 2.69. The van der Waals surface area contributed by atoms with Gasteiger partial charge in [0, 0.05) is 7.05 Å². The van der Waals surface area contributed by atoms with Crippen LogP contribution in [0.3, 0.4) is 0 Å². The smallest absolute Gasteiger partial charge is 0.235 e. The Morgan fingerprint density at radius 2 is 2.14 bits per heavy atom. The molecule has 2 unspecified atom stereocenters. The molecule has 2 atom stereocenters. The number of carbonyl (C=O) groups is 2. The van der Waals surface area contributed by atoms with Gasteiger partial charge in [-0.3, -0.25) is 14.5 Å². The summed E-state index contributed by atoms with van der Waals surface area (Å²) in [6, 6.07) is 0. The number of rotatable bonds is 4. The van der Waals surface area contributed by atoms with E-state index in [1.54, 1.807) is 7.05 Å². The number of unbranched alkanes of at least 4 members (excludes halogenated alkanes) is 2. The Balaban J connectivity index is 1.99. The molecule has 3 nitrogen and oxygen atoms in total. The summed E-state index contributed by atoms with van der Waals surface area (Å²) in [5.74, 6) is 0.159. The van der Waals surface area contributed by atoms with Crippen LogP contribution in [0.25, 0.3) is 0 Å². The van der Waals surface area contributed by atoms with Crippen molar-refractivity contribution in [1.82, 2.24) is 4.90 Å². The van der Waals surface area contributed by atoms with Gasteiger partial charge in [-0.05, 0) is 12.8 Å². The molecule has 3 heteroatoms. The van der Waals surface area contributed by atoms with E-state index in [9.17, 15) is 9.59 Å². The molecule has 0 aromatic heterocycles. The predicted molar refractivity (Wildman–Crippen MR) is 52.5 cm³/mol. The number of carbonyl (C=O) groups excluding carboxylic acids is 2. The van der Waals surface area contributed by atoms with Gasteiger partial charge in [-0.15, -0.1) is 0 Å². The maximum Gasteiger partial charge on any atom is 0.235 e. The van der Waals surface area contributed by atoms with Crippen LogP contribution in [0.2, 0.25) is 0 Å². The van der Waals surface area contributed by atoms with Crippen molar-refractivity contribution in [2.75, 3.05) is 7.05 Å². The van der Waals surface area contributed by atoms with Gasteiger partial charge in [0.1, 0.15) is 0 Å². The Bertz CT molecular complexity index is 287. The fourth-order valence-electron chi connectivity index (χ4n) is 2.61. The number of hydrogen-bond acceptors (Lipinski definition) is 2. The van der Waals surface area contributed by atoms with E-state index in [4.69, 9.17) is 0 Å². The minimum atomic E-state index is -0.249. The van der Waals surface area contributed by atoms with Crippen LogP contribution in [0, 0.1) is 11.3 Å². The van der Waals surface area contributed by atoms with E-state index in [1.807, 2.05) is 0 Å². The van der Waals surface area contributed by atoms with Crippen molar-refractivity contribution in [2.45, 2.75) is 39.0 Å². The van der Waals surface area contributed by atoms with E-state index < -0.39 is 0 Å². The second-order valence-corrected chi connectivity index (χ2v) is 4.57. The van der Waals surface area contributed by atoms with Crippen LogP contribution in [0.4, 0.5) is 0 Å². The van der Waals surface area contributed by atoms with Gasteiger partial charge in [0.15, 0.2) is 0 Å². The highest BCUT2D eigenvalue weighted by Crippen LogP contribution is 2.61. The standard InChI is InChI=1S/C11H17NO2/c1-3-4-5-6-11-7-8(11)9(13)12(2)10(11)14/h8H,3-7H2,1-2H3. The molecule has 2 amide bonds. The third kappa shape index (κ3) is 1.11. The first-order chi connectivity index (χ1) is 6.63. The lowest BCUT2D eigenvalue weighted by Crippen LogP contribution is -2.31. The maximum atomic E-state index is 11.8. The Kier molecular flexibility index (Phi) is 2.13. The second-order valence-electron chi connectivity index (χ2n) is 4.57. The molecule has 0 bridgehead atoms. The molecule has 0 N–H and O–H groups in total. The first kappa shape index (κ1) is 9.69. The van der Waals surface area contributed by atoms with Crippen molar-refractivity contribution in [3.05, 3.63) is 0 Å². The van der Waals surface area contributed by atoms with Crippen LogP contribution >= 0.6 is 0 Å². The lowest BCUT2D eigenvalue weighted by atomic mass is 9.97. The zero-order valence-electron chi connectivity index (χ0n) is 8.88. The Morgan fingerprint density at radius 1 is 1.43 bits per heavy atom. The quantitative estimate of drug-likeness (QED) is 0.504. The highest BCUT2D eigenvalue weighted by atomic mass is 16.2. The van der Waals surface area contributed by atoms with E-state index in [2.05, 4.69) is 6.92 Å². The van der Waals surface area contributed by atoms with Gasteiger partial charge in [-0.1, -0.05) is 26.2 Å². The van der Waals surface area contributed by atoms with Crippen molar-refractivity contribution in [3.63, 3.8) is 0 Å². The van der Waals surface area contributed by atoms with Gasteiger partial charge in [0.25, 0.3) is 0 Å². The molecule has 0 radical (unpaired) electrons. The summed E-state index contributed by atoms with van der Waals surface area (Å²) in [6.45, 7) is 2.15. The summed E-state index contributed by atoms with van der Waals surface area (Å²) in [5.41, 5.74) is -0.249. The fourth-order valence-corrected chi connectivity index (χ4v) is 2.61. The average molecular weight is 195 g/mol. The van der Waals surface area contributed by atoms with Gasteiger partial charge in [-0.25, -0.2) is 0 Å². The number of piperidine rings is 1. The first-order valence-electron chi connectivity index (χ1n) is 5.45. The third-order valence-corrected chi connectivity index (χ3v) is 3.66. The van der Waals surface area contributed by atoms with Gasteiger partial charge in [0.05, 0.1) is 11.3 Å². The van der Waals surface area contributed by atoms with Crippen LogP contribution in [-0.4, -0.2) is 23.8 Å². The van der Waals surface area contributed by atoms with Gasteiger partial charge >= 0.3 is 0 Å². The Labute approximate surface area is 84.5 Å². The predicted octanol–water partition coefficient (Wildman–Crippen LogP) is 1.57. The van der Waals surface area contributed by atoms with Crippen molar-refractivity contribution in [1.29, 1.82) is 0 Å². The van der Waals surface area contributed by atoms with Crippen LogP contribution < -0.4 is 0 Å². The number of fused-ring (bicyclic) bond motifs is 1. The molecule has 1 heterocycles. The number of amides is 2. The van der Waals surface area contributed by atoms with E-state index in [0.717, 1.165) is 19.3 Å². The molecule has 1 aliphatic carbocycles. The number of hydrogen-bond donors (Lipinski definition) is 0. The number of likely N-dealkylation sites (tertiary alicyclic amines) is 1. The van der Waals surface area contributed by atoms with Crippen LogP contribution in [0.15, 0.2) is 0 Å². The molecule has 14 heavy (non-hydrogen) atoms. The van der Waals surface area contributed by atoms with Crippen LogP contribution in [-0.2, 0) is 9.59 Å². The van der Waals surface area contributed by atoms with Crippen molar-refractivity contribution in [2.24, 2.45) is 11.3 Å². The summed E-state index contributed by atoms with van der Waals surface area (Å²) in [4.78, 5) is 24.6. The van der Waals surface area contributed by atoms with Crippen LogP contribution in [0.1, 0.15) is 39.0 Å². The molecule has 1 aliphatic heterocycles. The molecule has 1 saturated heterocycles. The normalized spacial score (nSPS) is 35.0. The minimum Gasteiger partial charge on any atom is -0.285 e. The molecule has 2 fully saturated rings. The third-order valence-electron chi connectivity index (χ3n) is 3.66. The zero-order valence-corrected chi connectivity index (χ0v) is 8.88. The second kappa shape index (κ2) is 3.07. The highest BCUT2D eigenvalue weighted by molar-refractivity contribution is 6.11. The zero-order chi connectivity index (χ0) is 10.3. The monoisotopic (exact) mass is 195 g/mol. The lowest BCUT2D eigenvalue weighted by Gasteiger charge is -2.13. The molecule has 2 rings (SSSR count). The Hall–Kier alpha value is -0.860. The summed E-state index contributed by atoms with van der Waals surface area (Å²) >= 11 is 0. The van der Waals surface area contributed by atoms with E-state index >= 15 is 0 Å². The molecule has 0 aromatic rings. The Morgan fingerprint density at radius 3 is 2.64 bits per heavy atom. The SMILES string of the molecule is CCCCCC12CC1C(=O)N(C)C2=O. The van der Waals surface area contributed by atoms with Crippen LogP contribution in [0.5, 0.6) is 0 Å². The van der Waals surface area contributed by atoms with Gasteiger partial charge in [-0.2, -0.15) is 0 Å². The summed E-state index contributed by atoms with van der Waals surface area (Å²) in [7, 11) is 1.61. The van der Waals surface area contributed by atoms with E-state index in [1.165, 1.54) is 17.7 Å². The average Bonchev–Trinajstić information content (AvgIpc) is 2.86. The molecule has 1 saturated carbocycles. The topological polar surface area (TPSA) is 37.4 Å². The summed E-state index contributed by atoms with van der Waals surface area (Å²) in [5, 5.41) is 0. The summed E-state index contributed by atoms with van der Waals surface area (Å²) in [6.07, 6.45) is 5.15. The van der Waals surface area contributed by atoms with Crippen molar-refractivity contribution in [3.8, 4) is 0 Å². The number of nitrogens with zero attached hydrogens (tertiary/aromatic N) is 1. The molecule has 78 valence electrons. The number of imide groups is 1. The van der Waals surface area contributed by atoms with E-state index in [0.29, 0.717) is 0 Å². The largest absolute Gasteiger partial charge is 0.285 e. The first-order valence-corrected chi connectivity index (χ1v) is 5.45. The van der Waals surface area contributed by atoms with Crippen molar-refractivity contribution >= 4 is 11.8 Å². The molecular weight excluding hydrogens is 178 g/mol. The lowest BCUT2D eigenvalue weighted by molar-refractivity contribution is -0.141. The van der Waals surface area contributed by atoms with E-state index in [-0.39, 0.29) is 23.1 Å². The minimum absolute atomic E-state index is 0.0388.